The molecule has 0 unspecified atom stereocenters. The third-order valence-corrected chi connectivity index (χ3v) is 4.37. The van der Waals surface area contributed by atoms with Gasteiger partial charge in [-0.2, -0.15) is 0 Å². The first-order valence-electron chi connectivity index (χ1n) is 8.86. The Balaban J connectivity index is 1.46. The normalized spacial score (nSPS) is 14.7. The van der Waals surface area contributed by atoms with Crippen LogP contribution in [-0.2, 0) is 22.6 Å². The molecule has 0 bridgehead atoms. The predicted molar refractivity (Wildman–Crippen MR) is 97.4 cm³/mol. The summed E-state index contributed by atoms with van der Waals surface area (Å²) < 4.78 is 11.2. The number of carboxylic acid groups (broad SMARTS) is 1. The van der Waals surface area contributed by atoms with Gasteiger partial charge in [-0.1, -0.05) is 24.3 Å². The van der Waals surface area contributed by atoms with Crippen molar-refractivity contribution in [1.82, 2.24) is 10.3 Å². The van der Waals surface area contributed by atoms with Gasteiger partial charge >= 0.3 is 5.97 Å². The first-order chi connectivity index (χ1) is 13.1. The second-order valence-electron chi connectivity index (χ2n) is 6.36. The van der Waals surface area contributed by atoms with E-state index in [-0.39, 0.29) is 17.7 Å². The minimum absolute atomic E-state index is 0.0925. The lowest BCUT2D eigenvalue weighted by atomic mass is 10.1. The number of aromatic carboxylic acids is 1. The molecule has 2 heterocycles. The van der Waals surface area contributed by atoms with Gasteiger partial charge in [-0.3, -0.25) is 4.79 Å². The van der Waals surface area contributed by atoms with E-state index in [2.05, 4.69) is 10.3 Å². The van der Waals surface area contributed by atoms with Crippen molar-refractivity contribution in [1.29, 1.82) is 0 Å². The highest BCUT2D eigenvalue weighted by Gasteiger charge is 2.14. The summed E-state index contributed by atoms with van der Waals surface area (Å²) in [6.45, 7) is 2.47. The first kappa shape index (κ1) is 19.0. The molecule has 0 spiro atoms. The molecule has 2 N–H and O–H groups in total. The standard InChI is InChI=1S/C20H22N2O5/c23-19(16-5-6-18(20(24)25)21-12-16)22-11-14-1-3-15(4-2-14)13-27-17-7-9-26-10-8-17/h1-6,12,17H,7-11,13H2,(H,22,23)(H,24,25). The molecule has 1 saturated heterocycles. The van der Waals surface area contributed by atoms with Crippen LogP contribution in [-0.4, -0.2) is 41.3 Å². The van der Waals surface area contributed by atoms with Gasteiger partial charge in [-0.05, 0) is 36.1 Å². The third-order valence-electron chi connectivity index (χ3n) is 4.37. The summed E-state index contributed by atoms with van der Waals surface area (Å²) in [5.74, 6) is -1.42. The highest BCUT2D eigenvalue weighted by Crippen LogP contribution is 2.14. The zero-order chi connectivity index (χ0) is 19.1. The van der Waals surface area contributed by atoms with Gasteiger partial charge < -0.3 is 19.9 Å². The van der Waals surface area contributed by atoms with Crippen LogP contribution in [0.2, 0.25) is 0 Å². The minimum Gasteiger partial charge on any atom is -0.477 e. The van der Waals surface area contributed by atoms with Crippen LogP contribution in [0.3, 0.4) is 0 Å². The number of carbonyl (C=O) groups is 2. The van der Waals surface area contributed by atoms with Gasteiger partial charge in [0.05, 0.1) is 18.3 Å². The van der Waals surface area contributed by atoms with E-state index in [4.69, 9.17) is 14.6 Å². The van der Waals surface area contributed by atoms with Crippen LogP contribution in [0.15, 0.2) is 42.6 Å². The molecule has 1 amide bonds. The van der Waals surface area contributed by atoms with Crippen LogP contribution < -0.4 is 5.32 Å². The summed E-state index contributed by atoms with van der Waals surface area (Å²) in [6.07, 6.45) is 3.40. The van der Waals surface area contributed by atoms with E-state index in [9.17, 15) is 9.59 Å². The first-order valence-corrected chi connectivity index (χ1v) is 8.86. The Morgan fingerprint density at radius 1 is 1.11 bits per heavy atom. The number of hydrogen-bond acceptors (Lipinski definition) is 5. The Bertz CT molecular complexity index is 768. The van der Waals surface area contributed by atoms with Gasteiger partial charge in [0, 0.05) is 26.0 Å². The average molecular weight is 370 g/mol. The molecule has 7 heteroatoms. The van der Waals surface area contributed by atoms with Crippen LogP contribution in [0.1, 0.15) is 44.8 Å². The smallest absolute Gasteiger partial charge is 0.354 e. The highest BCUT2D eigenvalue weighted by atomic mass is 16.5. The Morgan fingerprint density at radius 3 is 2.44 bits per heavy atom. The summed E-state index contributed by atoms with van der Waals surface area (Å²) in [4.78, 5) is 26.6. The molecule has 1 aromatic heterocycles. The third kappa shape index (κ3) is 5.60. The van der Waals surface area contributed by atoms with Gasteiger partial charge in [0.2, 0.25) is 0 Å². The molecule has 2 aromatic rings. The molecule has 1 aliphatic rings. The summed E-state index contributed by atoms with van der Waals surface area (Å²) in [7, 11) is 0. The fraction of sp³-hybridized carbons (Fsp3) is 0.350. The largest absolute Gasteiger partial charge is 0.477 e. The van der Waals surface area contributed by atoms with Crippen molar-refractivity contribution in [3.8, 4) is 0 Å². The molecule has 0 radical (unpaired) electrons. The highest BCUT2D eigenvalue weighted by molar-refractivity contribution is 5.94. The molecule has 7 nitrogen and oxygen atoms in total. The molecule has 1 aromatic carbocycles. The van der Waals surface area contributed by atoms with Crippen LogP contribution in [0.4, 0.5) is 0 Å². The van der Waals surface area contributed by atoms with E-state index >= 15 is 0 Å². The lowest BCUT2D eigenvalue weighted by Gasteiger charge is -2.22. The number of ether oxygens (including phenoxy) is 2. The van der Waals surface area contributed by atoms with Gasteiger partial charge in [0.1, 0.15) is 5.69 Å². The molecular weight excluding hydrogens is 348 g/mol. The number of pyridine rings is 1. The van der Waals surface area contributed by atoms with E-state index in [0.29, 0.717) is 18.7 Å². The number of nitrogens with one attached hydrogen (secondary N) is 1. The maximum atomic E-state index is 12.1. The minimum atomic E-state index is -1.12. The molecule has 3 rings (SSSR count). The van der Waals surface area contributed by atoms with Crippen LogP contribution in [0, 0.1) is 0 Å². The molecule has 0 saturated carbocycles. The van der Waals surface area contributed by atoms with E-state index in [1.807, 2.05) is 24.3 Å². The molecule has 0 aliphatic carbocycles. The lowest BCUT2D eigenvalue weighted by molar-refractivity contribution is -0.0390. The van der Waals surface area contributed by atoms with Gasteiger partial charge in [0.25, 0.3) is 5.91 Å². The van der Waals surface area contributed by atoms with Crippen molar-refractivity contribution in [3.63, 3.8) is 0 Å². The molecule has 1 fully saturated rings. The molecule has 142 valence electrons. The summed E-state index contributed by atoms with van der Waals surface area (Å²) >= 11 is 0. The quantitative estimate of drug-likeness (QED) is 0.777. The van der Waals surface area contributed by atoms with Crippen molar-refractivity contribution in [2.24, 2.45) is 0 Å². The van der Waals surface area contributed by atoms with Crippen molar-refractivity contribution in [2.45, 2.75) is 32.1 Å². The van der Waals surface area contributed by atoms with Gasteiger partial charge in [-0.15, -0.1) is 0 Å². The number of carboxylic acids is 1. The van der Waals surface area contributed by atoms with Crippen molar-refractivity contribution < 1.29 is 24.2 Å². The zero-order valence-electron chi connectivity index (χ0n) is 14.9. The lowest BCUT2D eigenvalue weighted by Crippen LogP contribution is -2.23. The SMILES string of the molecule is O=C(NCc1ccc(COC2CCOCC2)cc1)c1ccc(C(=O)O)nc1. The molecular formula is C20H22N2O5. The Hall–Kier alpha value is -2.77. The Labute approximate surface area is 157 Å². The molecule has 27 heavy (non-hydrogen) atoms. The summed E-state index contributed by atoms with van der Waals surface area (Å²) in [6, 6.07) is 10.6. The summed E-state index contributed by atoms with van der Waals surface area (Å²) in [5.41, 5.74) is 2.28. The molecule has 1 aliphatic heterocycles. The second kappa shape index (κ2) is 9.25. The maximum absolute atomic E-state index is 12.1. The summed E-state index contributed by atoms with van der Waals surface area (Å²) in [5, 5.41) is 11.6. The van der Waals surface area contributed by atoms with Crippen molar-refractivity contribution >= 4 is 11.9 Å². The van der Waals surface area contributed by atoms with Crippen molar-refractivity contribution in [3.05, 3.63) is 65.0 Å². The average Bonchev–Trinajstić information content (AvgIpc) is 2.72. The van der Waals surface area contributed by atoms with Crippen LogP contribution in [0.5, 0.6) is 0 Å². The van der Waals surface area contributed by atoms with Gasteiger partial charge in [0.15, 0.2) is 0 Å². The van der Waals surface area contributed by atoms with Gasteiger partial charge in [-0.25, -0.2) is 9.78 Å². The number of carbonyl (C=O) groups excluding carboxylic acids is 1. The number of nitrogens with zero attached hydrogens (tertiary/aromatic N) is 1. The van der Waals surface area contributed by atoms with Crippen LogP contribution >= 0.6 is 0 Å². The van der Waals surface area contributed by atoms with Crippen molar-refractivity contribution in [2.75, 3.05) is 13.2 Å². The Kier molecular flexibility index (Phi) is 6.51. The number of aromatic nitrogens is 1. The topological polar surface area (TPSA) is 97.8 Å². The molecule has 0 atom stereocenters. The number of amides is 1. The monoisotopic (exact) mass is 370 g/mol. The van der Waals surface area contributed by atoms with E-state index < -0.39 is 5.97 Å². The number of hydrogen-bond donors (Lipinski definition) is 2. The zero-order valence-corrected chi connectivity index (χ0v) is 14.9. The fourth-order valence-corrected chi connectivity index (χ4v) is 2.75. The van der Waals surface area contributed by atoms with E-state index in [1.54, 1.807) is 0 Å². The predicted octanol–water partition coefficient (Wildman–Crippen LogP) is 2.41. The number of rotatable bonds is 7. The van der Waals surface area contributed by atoms with E-state index in [1.165, 1.54) is 18.3 Å². The number of benzene rings is 1. The van der Waals surface area contributed by atoms with E-state index in [0.717, 1.165) is 37.2 Å². The second-order valence-corrected chi connectivity index (χ2v) is 6.36. The Morgan fingerprint density at radius 2 is 1.81 bits per heavy atom. The maximum Gasteiger partial charge on any atom is 0.354 e. The van der Waals surface area contributed by atoms with Crippen LogP contribution in [0.25, 0.3) is 0 Å². The fourth-order valence-electron chi connectivity index (χ4n) is 2.75.